The molecule has 0 atom stereocenters. The standard InChI is InChI=1S/C14H10F2N4O.CH2ClNO/c15-9-1-2-10(17)12(16)11(9)14(21)20-8-5-7-3-4-18-13(7)19-6-8;2-1-3-4/h1-6H,17H2,(H,18,19)(H,20,21);1H2. The van der Waals surface area contributed by atoms with Crippen molar-refractivity contribution in [2.45, 2.75) is 0 Å². The van der Waals surface area contributed by atoms with Gasteiger partial charge >= 0.3 is 0 Å². The van der Waals surface area contributed by atoms with Crippen LogP contribution < -0.4 is 11.1 Å². The molecule has 0 spiro atoms. The number of hydrogen-bond acceptors (Lipinski definition) is 5. The predicted molar refractivity (Wildman–Crippen MR) is 91.3 cm³/mol. The van der Waals surface area contributed by atoms with Crippen molar-refractivity contribution in [2.75, 3.05) is 17.1 Å². The lowest BCUT2D eigenvalue weighted by Gasteiger charge is -2.08. The summed E-state index contributed by atoms with van der Waals surface area (Å²) in [7, 11) is 0. The number of carbonyl (C=O) groups is 1. The number of benzene rings is 1. The normalized spacial score (nSPS) is 10.0. The Bertz CT molecular complexity index is 916. The summed E-state index contributed by atoms with van der Waals surface area (Å²) in [5.41, 5.74) is 5.31. The third kappa shape index (κ3) is 4.27. The number of aromatic nitrogens is 2. The van der Waals surface area contributed by atoms with E-state index < -0.39 is 23.1 Å². The quantitative estimate of drug-likeness (QED) is 0.284. The van der Waals surface area contributed by atoms with E-state index in [2.05, 4.69) is 20.5 Å². The molecule has 0 aliphatic carbocycles. The van der Waals surface area contributed by atoms with Gasteiger partial charge in [-0.15, -0.1) is 4.91 Å². The van der Waals surface area contributed by atoms with Crippen LogP contribution in [0.3, 0.4) is 0 Å². The van der Waals surface area contributed by atoms with E-state index in [0.717, 1.165) is 17.5 Å². The summed E-state index contributed by atoms with van der Waals surface area (Å²) >= 11 is 4.71. The number of anilines is 2. The highest BCUT2D eigenvalue weighted by Gasteiger charge is 2.19. The molecule has 1 amide bonds. The molecule has 0 unspecified atom stereocenters. The first kappa shape index (κ1) is 18.3. The minimum absolute atomic E-state index is 0.139. The number of amides is 1. The molecule has 0 aliphatic heterocycles. The fraction of sp³-hybridized carbons (Fsp3) is 0.0667. The van der Waals surface area contributed by atoms with Crippen molar-refractivity contribution in [3.63, 3.8) is 0 Å². The largest absolute Gasteiger partial charge is 0.396 e. The van der Waals surface area contributed by atoms with Gasteiger partial charge in [0.1, 0.15) is 17.0 Å². The summed E-state index contributed by atoms with van der Waals surface area (Å²) in [5.74, 6) is -2.98. The molecule has 130 valence electrons. The number of pyridine rings is 1. The van der Waals surface area contributed by atoms with E-state index in [1.807, 2.05) is 0 Å². The highest BCUT2D eigenvalue weighted by molar-refractivity contribution is 6.17. The van der Waals surface area contributed by atoms with E-state index in [1.54, 1.807) is 18.3 Å². The Morgan fingerprint density at radius 2 is 2.08 bits per heavy atom. The lowest BCUT2D eigenvalue weighted by atomic mass is 10.1. The van der Waals surface area contributed by atoms with Crippen molar-refractivity contribution < 1.29 is 13.6 Å². The van der Waals surface area contributed by atoms with Crippen molar-refractivity contribution in [1.29, 1.82) is 0 Å². The average molecular weight is 368 g/mol. The molecule has 4 N–H and O–H groups in total. The molecular formula is C15H12ClF2N5O2. The number of halogens is 3. The van der Waals surface area contributed by atoms with Crippen molar-refractivity contribution >= 4 is 39.9 Å². The van der Waals surface area contributed by atoms with Crippen LogP contribution in [0.1, 0.15) is 10.4 Å². The Kier molecular flexibility index (Phi) is 5.96. The fourth-order valence-corrected chi connectivity index (χ4v) is 1.98. The second kappa shape index (κ2) is 8.15. The number of nitrogens with zero attached hydrogens (tertiary/aromatic N) is 2. The number of fused-ring (bicyclic) bond motifs is 1. The summed E-state index contributed by atoms with van der Waals surface area (Å²) in [6, 6.07) is 5.27. The molecule has 1 aromatic carbocycles. The van der Waals surface area contributed by atoms with Crippen LogP contribution in [0.15, 0.2) is 41.8 Å². The Labute approximate surface area is 145 Å². The van der Waals surface area contributed by atoms with Gasteiger partial charge in [0.05, 0.1) is 17.6 Å². The molecule has 7 nitrogen and oxygen atoms in total. The molecular weight excluding hydrogens is 356 g/mol. The maximum Gasteiger partial charge on any atom is 0.261 e. The van der Waals surface area contributed by atoms with Crippen LogP contribution in [0, 0.1) is 16.5 Å². The molecule has 10 heteroatoms. The Balaban J connectivity index is 0.000000511. The minimum Gasteiger partial charge on any atom is -0.396 e. The summed E-state index contributed by atoms with van der Waals surface area (Å²) < 4.78 is 27.4. The molecule has 2 heterocycles. The predicted octanol–water partition coefficient (Wildman–Crippen LogP) is 3.62. The van der Waals surface area contributed by atoms with Gasteiger partial charge in [-0.2, -0.15) is 0 Å². The number of nitrogens with one attached hydrogen (secondary N) is 2. The number of nitroso groups, excluding NO2 is 1. The van der Waals surface area contributed by atoms with Crippen molar-refractivity contribution in [3.8, 4) is 0 Å². The average Bonchev–Trinajstić information content (AvgIpc) is 3.06. The second-order valence-electron chi connectivity index (χ2n) is 4.67. The smallest absolute Gasteiger partial charge is 0.261 e. The number of carbonyl (C=O) groups excluding carboxylic acids is 1. The lowest BCUT2D eigenvalue weighted by Crippen LogP contribution is -2.17. The molecule has 0 fully saturated rings. The molecule has 0 bridgehead atoms. The monoisotopic (exact) mass is 367 g/mol. The fourth-order valence-electron chi connectivity index (χ4n) is 1.98. The topological polar surface area (TPSA) is 113 Å². The van der Waals surface area contributed by atoms with Crippen LogP contribution in [0.5, 0.6) is 0 Å². The van der Waals surface area contributed by atoms with E-state index in [4.69, 9.17) is 22.2 Å². The van der Waals surface area contributed by atoms with Crippen LogP contribution in [0.4, 0.5) is 20.2 Å². The number of alkyl halides is 1. The Hall–Kier alpha value is -3.07. The first-order valence-electron chi connectivity index (χ1n) is 6.81. The Morgan fingerprint density at radius 1 is 1.36 bits per heavy atom. The number of hydrogen-bond donors (Lipinski definition) is 3. The SMILES string of the molecule is Nc1ccc(F)c(C(=O)Nc2cnc3[nH]ccc3c2)c1F.O=NCCl. The maximum absolute atomic E-state index is 13.8. The van der Waals surface area contributed by atoms with Gasteiger partial charge in [-0.05, 0) is 24.3 Å². The highest BCUT2D eigenvalue weighted by Crippen LogP contribution is 2.21. The molecule has 0 radical (unpaired) electrons. The van der Waals surface area contributed by atoms with E-state index >= 15 is 0 Å². The number of nitrogens with two attached hydrogens (primary N) is 1. The van der Waals surface area contributed by atoms with Gasteiger partial charge in [-0.25, -0.2) is 13.8 Å². The summed E-state index contributed by atoms with van der Waals surface area (Å²) in [5, 5.41) is 5.41. The maximum atomic E-state index is 13.8. The molecule has 2 aromatic heterocycles. The van der Waals surface area contributed by atoms with Gasteiger partial charge in [0.25, 0.3) is 5.91 Å². The van der Waals surface area contributed by atoms with Crippen LogP contribution in [0.25, 0.3) is 11.0 Å². The van der Waals surface area contributed by atoms with Gasteiger partial charge in [-0.3, -0.25) is 4.79 Å². The van der Waals surface area contributed by atoms with E-state index in [-0.39, 0.29) is 11.7 Å². The van der Waals surface area contributed by atoms with Gasteiger partial charge in [0.15, 0.2) is 11.8 Å². The third-order valence-corrected chi connectivity index (χ3v) is 3.15. The molecule has 3 aromatic rings. The van der Waals surface area contributed by atoms with Crippen molar-refractivity contribution in [3.05, 3.63) is 58.8 Å². The minimum atomic E-state index is -1.08. The summed E-state index contributed by atoms with van der Waals surface area (Å²) in [6.45, 7) is 0. The van der Waals surface area contributed by atoms with Crippen LogP contribution in [0.2, 0.25) is 0 Å². The van der Waals surface area contributed by atoms with E-state index in [9.17, 15) is 13.6 Å². The zero-order valence-electron chi connectivity index (χ0n) is 12.6. The first-order chi connectivity index (χ1) is 12.0. The van der Waals surface area contributed by atoms with Crippen molar-refractivity contribution in [1.82, 2.24) is 9.97 Å². The molecule has 3 rings (SSSR count). The molecule has 0 saturated carbocycles. The zero-order chi connectivity index (χ0) is 18.4. The Morgan fingerprint density at radius 3 is 2.76 bits per heavy atom. The third-order valence-electron chi connectivity index (χ3n) is 3.05. The molecule has 0 aliphatic rings. The van der Waals surface area contributed by atoms with E-state index in [0.29, 0.717) is 11.3 Å². The number of rotatable bonds is 3. The number of nitrogen functional groups attached to an aromatic ring is 1. The molecule has 0 saturated heterocycles. The van der Waals surface area contributed by atoms with E-state index in [1.165, 1.54) is 6.20 Å². The van der Waals surface area contributed by atoms with Gasteiger partial charge in [0, 0.05) is 11.6 Å². The zero-order valence-corrected chi connectivity index (χ0v) is 13.3. The number of H-pyrrole nitrogens is 1. The van der Waals surface area contributed by atoms with Crippen LogP contribution >= 0.6 is 11.6 Å². The van der Waals surface area contributed by atoms with Crippen LogP contribution in [-0.2, 0) is 0 Å². The highest BCUT2D eigenvalue weighted by atomic mass is 35.5. The lowest BCUT2D eigenvalue weighted by molar-refractivity contribution is 0.101. The van der Waals surface area contributed by atoms with Gasteiger partial charge in [0.2, 0.25) is 0 Å². The second-order valence-corrected chi connectivity index (χ2v) is 4.91. The van der Waals surface area contributed by atoms with Gasteiger partial charge in [-0.1, -0.05) is 16.8 Å². The van der Waals surface area contributed by atoms with Gasteiger partial charge < -0.3 is 16.0 Å². The molecule has 25 heavy (non-hydrogen) atoms. The summed E-state index contributed by atoms with van der Waals surface area (Å²) in [4.78, 5) is 27.8. The number of aromatic amines is 1. The first-order valence-corrected chi connectivity index (χ1v) is 7.34. The van der Waals surface area contributed by atoms with Crippen LogP contribution in [-0.4, -0.2) is 21.9 Å². The van der Waals surface area contributed by atoms with Crippen molar-refractivity contribution in [2.24, 2.45) is 5.18 Å². The summed E-state index contributed by atoms with van der Waals surface area (Å²) in [6.07, 6.45) is 3.08.